The number of ether oxygens (including phenoxy) is 1. The van der Waals surface area contributed by atoms with E-state index < -0.39 is 5.60 Å². The van der Waals surface area contributed by atoms with Gasteiger partial charge in [0.15, 0.2) is 0 Å². The minimum atomic E-state index is -0.488. The lowest BCUT2D eigenvalue weighted by Gasteiger charge is -2.31. The van der Waals surface area contributed by atoms with E-state index in [2.05, 4.69) is 25.1 Å². The first-order valence-corrected chi connectivity index (χ1v) is 10.5. The Morgan fingerprint density at radius 1 is 1.33 bits per heavy atom. The van der Waals surface area contributed by atoms with Crippen LogP contribution in [0.25, 0.3) is 0 Å². The van der Waals surface area contributed by atoms with Crippen LogP contribution in [-0.2, 0) is 17.8 Å². The van der Waals surface area contributed by atoms with Gasteiger partial charge < -0.3 is 15.4 Å². The highest BCUT2D eigenvalue weighted by atomic mass is 16.6. The van der Waals surface area contributed by atoms with Crippen LogP contribution in [-0.4, -0.2) is 60.8 Å². The van der Waals surface area contributed by atoms with Crippen molar-refractivity contribution >= 4 is 11.9 Å². The van der Waals surface area contributed by atoms with Gasteiger partial charge in [-0.2, -0.15) is 5.10 Å². The Bertz CT molecular complexity index is 846. The van der Waals surface area contributed by atoms with Gasteiger partial charge in [0, 0.05) is 43.1 Å². The van der Waals surface area contributed by atoms with Crippen LogP contribution in [0.5, 0.6) is 0 Å². The molecule has 0 bridgehead atoms. The largest absolute Gasteiger partial charge is 0.444 e. The summed E-state index contributed by atoms with van der Waals surface area (Å²) in [7, 11) is 0. The molecular formula is C21H33N7O2. The summed E-state index contributed by atoms with van der Waals surface area (Å²) in [5.41, 5.74) is 7.57. The van der Waals surface area contributed by atoms with Crippen molar-refractivity contribution in [1.82, 2.24) is 30.0 Å². The van der Waals surface area contributed by atoms with Crippen LogP contribution >= 0.6 is 0 Å². The summed E-state index contributed by atoms with van der Waals surface area (Å²) >= 11 is 0. The molecule has 1 aliphatic rings. The maximum absolute atomic E-state index is 12.5. The van der Waals surface area contributed by atoms with E-state index in [0.29, 0.717) is 31.3 Å². The number of aryl methyl sites for hydroxylation is 1. The van der Waals surface area contributed by atoms with Crippen molar-refractivity contribution in [3.05, 3.63) is 35.5 Å². The second-order valence-corrected chi connectivity index (χ2v) is 8.88. The van der Waals surface area contributed by atoms with E-state index in [1.54, 1.807) is 12.3 Å². The zero-order chi connectivity index (χ0) is 21.7. The first kappa shape index (κ1) is 22.0. The van der Waals surface area contributed by atoms with E-state index in [0.717, 1.165) is 37.1 Å². The second kappa shape index (κ2) is 9.42. The molecule has 1 atom stereocenters. The monoisotopic (exact) mass is 415 g/mol. The van der Waals surface area contributed by atoms with E-state index in [1.165, 1.54) is 0 Å². The molecule has 9 heteroatoms. The van der Waals surface area contributed by atoms with E-state index in [1.807, 2.05) is 38.8 Å². The Balaban J connectivity index is 1.72. The molecule has 3 N–H and O–H groups in total. The van der Waals surface area contributed by atoms with Gasteiger partial charge in [-0.1, -0.05) is 0 Å². The fourth-order valence-electron chi connectivity index (χ4n) is 3.69. The van der Waals surface area contributed by atoms with Crippen LogP contribution in [0.4, 0.5) is 10.6 Å². The molecule has 1 amide bonds. The fraction of sp³-hybridized carbons (Fsp3) is 0.619. The highest BCUT2D eigenvalue weighted by Gasteiger charge is 2.28. The minimum absolute atomic E-state index is 0.237. The molecule has 0 unspecified atom stereocenters. The van der Waals surface area contributed by atoms with Crippen molar-refractivity contribution in [2.45, 2.75) is 71.7 Å². The molecule has 164 valence electrons. The first-order valence-electron chi connectivity index (χ1n) is 10.5. The molecule has 1 saturated heterocycles. The molecule has 2 aromatic heterocycles. The Labute approximate surface area is 178 Å². The number of anilines is 1. The number of H-pyrrole nitrogens is 1. The number of rotatable bonds is 5. The van der Waals surface area contributed by atoms with Crippen molar-refractivity contribution in [3.63, 3.8) is 0 Å². The van der Waals surface area contributed by atoms with Gasteiger partial charge in [0.2, 0.25) is 0 Å². The zero-order valence-electron chi connectivity index (χ0n) is 18.4. The maximum Gasteiger partial charge on any atom is 0.410 e. The lowest BCUT2D eigenvalue weighted by molar-refractivity contribution is 0.0251. The molecule has 30 heavy (non-hydrogen) atoms. The predicted octanol–water partition coefficient (Wildman–Crippen LogP) is 2.88. The van der Waals surface area contributed by atoms with E-state index in [-0.39, 0.29) is 12.1 Å². The summed E-state index contributed by atoms with van der Waals surface area (Å²) in [5.74, 6) is 1.17. The molecule has 1 fully saturated rings. The highest BCUT2D eigenvalue weighted by molar-refractivity contribution is 5.68. The molecular weight excluding hydrogens is 382 g/mol. The molecule has 3 rings (SSSR count). The third kappa shape index (κ3) is 6.16. The molecule has 2 aromatic rings. The third-order valence-electron chi connectivity index (χ3n) is 5.24. The number of nitrogens with one attached hydrogen (secondary N) is 1. The average Bonchev–Trinajstić information content (AvgIpc) is 2.91. The molecule has 0 saturated carbocycles. The number of likely N-dealkylation sites (tertiary alicyclic amines) is 1. The number of aromatic nitrogens is 4. The van der Waals surface area contributed by atoms with Crippen molar-refractivity contribution in [3.8, 4) is 0 Å². The zero-order valence-corrected chi connectivity index (χ0v) is 18.4. The standard InChI is InChI=1S/C21H33N7O2/c1-15-16(12-24-26-15)13-28(14-19-23-9-7-18(22)25-19)17-6-5-10-27(11-8-17)20(29)30-21(2,3)4/h7,9,12,17H,5-6,8,10-11,13-14H2,1-4H3,(H,24,26)(H2,22,23,25)/t17-/m0/s1. The van der Waals surface area contributed by atoms with Crippen LogP contribution in [0.1, 0.15) is 57.1 Å². The number of nitrogens with zero attached hydrogens (tertiary/aromatic N) is 5. The van der Waals surface area contributed by atoms with E-state index >= 15 is 0 Å². The van der Waals surface area contributed by atoms with Gasteiger partial charge in [0.05, 0.1) is 12.7 Å². The molecule has 0 aromatic carbocycles. The molecule has 0 radical (unpaired) electrons. The molecule has 1 aliphatic heterocycles. The molecule has 3 heterocycles. The van der Waals surface area contributed by atoms with Gasteiger partial charge >= 0.3 is 6.09 Å². The van der Waals surface area contributed by atoms with E-state index in [9.17, 15) is 4.79 Å². The Hall–Kier alpha value is -2.68. The number of carbonyl (C=O) groups is 1. The fourth-order valence-corrected chi connectivity index (χ4v) is 3.69. The topological polar surface area (TPSA) is 113 Å². The highest BCUT2D eigenvalue weighted by Crippen LogP contribution is 2.23. The predicted molar refractivity (Wildman–Crippen MR) is 114 cm³/mol. The number of aromatic amines is 1. The van der Waals surface area contributed by atoms with Gasteiger partial charge in [-0.15, -0.1) is 0 Å². The minimum Gasteiger partial charge on any atom is -0.444 e. The van der Waals surface area contributed by atoms with Gasteiger partial charge in [-0.05, 0) is 53.0 Å². The summed E-state index contributed by atoms with van der Waals surface area (Å²) in [6, 6.07) is 1.98. The quantitative estimate of drug-likeness (QED) is 0.772. The van der Waals surface area contributed by atoms with Gasteiger partial charge in [-0.25, -0.2) is 14.8 Å². The summed E-state index contributed by atoms with van der Waals surface area (Å²) in [4.78, 5) is 25.5. The number of hydrogen-bond acceptors (Lipinski definition) is 7. The van der Waals surface area contributed by atoms with Crippen LogP contribution in [0.2, 0.25) is 0 Å². The van der Waals surface area contributed by atoms with Crippen LogP contribution in [0, 0.1) is 6.92 Å². The van der Waals surface area contributed by atoms with Crippen molar-refractivity contribution < 1.29 is 9.53 Å². The van der Waals surface area contributed by atoms with Crippen molar-refractivity contribution in [2.75, 3.05) is 18.8 Å². The van der Waals surface area contributed by atoms with E-state index in [4.69, 9.17) is 10.5 Å². The first-order chi connectivity index (χ1) is 14.2. The second-order valence-electron chi connectivity index (χ2n) is 8.88. The number of nitrogen functional groups attached to an aromatic ring is 1. The summed E-state index contributed by atoms with van der Waals surface area (Å²) in [5, 5.41) is 7.17. The van der Waals surface area contributed by atoms with Gasteiger partial charge in [0.1, 0.15) is 17.2 Å². The summed E-state index contributed by atoms with van der Waals surface area (Å²) in [6.07, 6.45) is 6.08. The lowest BCUT2D eigenvalue weighted by Crippen LogP contribution is -2.39. The number of carbonyl (C=O) groups excluding carboxylic acids is 1. The Kier molecular flexibility index (Phi) is 6.91. The molecule has 0 aliphatic carbocycles. The number of nitrogens with two attached hydrogens (primary N) is 1. The summed E-state index contributed by atoms with van der Waals surface area (Å²) in [6.45, 7) is 10.4. The smallest absolute Gasteiger partial charge is 0.410 e. The average molecular weight is 416 g/mol. The van der Waals surface area contributed by atoms with Gasteiger partial charge in [-0.3, -0.25) is 10.00 Å². The van der Waals surface area contributed by atoms with Crippen molar-refractivity contribution in [1.29, 1.82) is 0 Å². The van der Waals surface area contributed by atoms with Crippen LogP contribution < -0.4 is 5.73 Å². The molecule has 0 spiro atoms. The van der Waals surface area contributed by atoms with Crippen LogP contribution in [0.15, 0.2) is 18.5 Å². The Morgan fingerprint density at radius 3 is 2.80 bits per heavy atom. The van der Waals surface area contributed by atoms with Crippen molar-refractivity contribution in [2.24, 2.45) is 0 Å². The SMILES string of the molecule is Cc1[nH]ncc1CN(Cc1nccc(N)n1)[C@H]1CCCN(C(=O)OC(C)(C)C)CC1. The Morgan fingerprint density at radius 2 is 2.13 bits per heavy atom. The third-order valence-corrected chi connectivity index (χ3v) is 5.24. The van der Waals surface area contributed by atoms with Crippen LogP contribution in [0.3, 0.4) is 0 Å². The lowest BCUT2D eigenvalue weighted by atomic mass is 10.1. The van der Waals surface area contributed by atoms with Gasteiger partial charge in [0.25, 0.3) is 0 Å². The molecule has 9 nitrogen and oxygen atoms in total. The number of amides is 1. The maximum atomic E-state index is 12.5. The summed E-state index contributed by atoms with van der Waals surface area (Å²) < 4.78 is 5.57. The normalized spacial score (nSPS) is 17.8. The number of hydrogen-bond donors (Lipinski definition) is 2.